The third-order valence-corrected chi connectivity index (χ3v) is 24.1. The van der Waals surface area contributed by atoms with E-state index in [1.165, 1.54) is 223 Å². The van der Waals surface area contributed by atoms with E-state index in [0.29, 0.717) is 17.3 Å². The molecule has 4 aromatic heterocycles. The van der Waals surface area contributed by atoms with Crippen LogP contribution < -0.4 is 18.3 Å². The van der Waals surface area contributed by atoms with Crippen molar-refractivity contribution in [1.29, 1.82) is 0 Å². The van der Waals surface area contributed by atoms with Crippen molar-refractivity contribution in [3.05, 3.63) is 304 Å². The van der Waals surface area contributed by atoms with E-state index in [-0.39, 0.29) is 5.41 Å². The zero-order valence-corrected chi connectivity index (χ0v) is 70.4. The van der Waals surface area contributed by atoms with Gasteiger partial charge in [-0.3, -0.25) is 0 Å². The van der Waals surface area contributed by atoms with E-state index in [1.54, 1.807) is 0 Å². The summed E-state index contributed by atoms with van der Waals surface area (Å²) in [7, 11) is 8.70. The highest BCUT2D eigenvalue weighted by Gasteiger charge is 2.31. The molecule has 0 aliphatic heterocycles. The summed E-state index contributed by atoms with van der Waals surface area (Å²) >= 11 is 0. The smallest absolute Gasteiger partial charge is 0.201 e. The van der Waals surface area contributed by atoms with Crippen molar-refractivity contribution >= 4 is 0 Å². The number of hydrogen-bond donors (Lipinski definition) is 0. The normalized spacial score (nSPS) is 12.6. The van der Waals surface area contributed by atoms with Gasteiger partial charge < -0.3 is 0 Å². The zero-order valence-electron chi connectivity index (χ0n) is 70.4. The standard InChI is InChI=1S/2C27H32N.2C25H28N/c1-17-8-9-23-20(12-17)13-25-19(3)22(10-11-24(23)25)26-14-21(15-27(4,5)6)18(2)16-28(26)7;1-17-8-9-23-20(12-17)14-25-19(3)22(10-11-24(23)25)26-13-18(2)21(16-28(26)7)15-27(4,5)6;1-15(2)23-13-25(26(6)14-17(23)4)20-9-10-22-21-8-7-16(3)11-19(21)12-24(22)18(20)5;1-15(2)24-14-26(6)25(12-17(24)4)20-9-10-22-21-8-7-16(3)11-19(21)13-23(22)18(20)5/h8-12,14,16H,13,15H2,1-7H3;8-13,16H,14-15H2,1-7H3;7-11,13-15H,12H2,1-6H3;7-12,14-15H,13H2,1-6H3/q4*+1. The predicted octanol–water partition coefficient (Wildman–Crippen LogP) is 24.1. The fourth-order valence-corrected chi connectivity index (χ4v) is 18.4. The Kier molecular flexibility index (Phi) is 21.1. The maximum absolute atomic E-state index is 2.42. The van der Waals surface area contributed by atoms with E-state index in [4.69, 9.17) is 0 Å². The van der Waals surface area contributed by atoms with Gasteiger partial charge in [-0.2, -0.15) is 0 Å². The average molecular weight is 1430 g/mol. The quantitative estimate of drug-likeness (QED) is 0.135. The van der Waals surface area contributed by atoms with Crippen LogP contribution in [0.3, 0.4) is 0 Å². The minimum Gasteiger partial charge on any atom is -0.201 e. The molecule has 12 aromatic rings. The Morgan fingerprint density at radius 1 is 0.269 bits per heavy atom. The van der Waals surface area contributed by atoms with Crippen LogP contribution in [0.5, 0.6) is 0 Å². The summed E-state index contributed by atoms with van der Waals surface area (Å²) in [6.45, 7) is 49.8. The number of rotatable bonds is 8. The van der Waals surface area contributed by atoms with Crippen LogP contribution >= 0.6 is 0 Å². The molecule has 0 radical (unpaired) electrons. The Bertz CT molecular complexity index is 5590. The Balaban J connectivity index is 0.000000127. The zero-order chi connectivity index (χ0) is 77.6. The van der Waals surface area contributed by atoms with Crippen LogP contribution in [0.4, 0.5) is 0 Å². The molecule has 4 nitrogen and oxygen atoms in total. The Morgan fingerprint density at radius 2 is 0.546 bits per heavy atom. The Morgan fingerprint density at radius 3 is 0.889 bits per heavy atom. The van der Waals surface area contributed by atoms with Crippen LogP contribution in [-0.4, -0.2) is 0 Å². The number of fused-ring (bicyclic) bond motifs is 12. The summed E-state index contributed by atoms with van der Waals surface area (Å²) in [4.78, 5) is 0. The lowest BCUT2D eigenvalue weighted by molar-refractivity contribution is -0.661. The third kappa shape index (κ3) is 15.2. The number of pyridine rings is 4. The number of aryl methyl sites for hydroxylation is 12. The van der Waals surface area contributed by atoms with E-state index in [1.807, 2.05) is 0 Å². The molecule has 0 saturated heterocycles. The Hall–Kier alpha value is -9.64. The molecule has 8 aromatic carbocycles. The maximum atomic E-state index is 2.42. The van der Waals surface area contributed by atoms with E-state index in [0.717, 1.165) is 38.5 Å². The second kappa shape index (κ2) is 29.7. The van der Waals surface area contributed by atoms with Crippen molar-refractivity contribution < 1.29 is 18.3 Å². The van der Waals surface area contributed by atoms with E-state index >= 15 is 0 Å². The SMILES string of the molecule is Cc1ccc2c(c1)Cc1c-2ccc(-c2cc(C(C)C)c(C)c[n+]2C)c1C.Cc1ccc2c(c1)Cc1c-2ccc(-c2cc(C)c(C(C)C)c[n+]2C)c1C.Cc1ccc2c(c1)Cc1c-2ccc(-c2cc(C)c(CC(C)(C)C)c[n+]2C)c1C.Cc1ccc2c(c1)Cc1c-2ccc(-c2cc(CC(C)(C)C)c(C)c[n+]2C)c1C. The second-order valence-electron chi connectivity index (χ2n) is 36.0. The molecule has 16 rings (SSSR count). The molecule has 0 N–H and O–H groups in total. The first-order valence-electron chi connectivity index (χ1n) is 39.9. The fraction of sp³-hybridized carbons (Fsp3) is 0.346. The number of aromatic nitrogens is 4. The molecule has 552 valence electrons. The van der Waals surface area contributed by atoms with Crippen molar-refractivity contribution in [3.63, 3.8) is 0 Å². The molecular formula is C104H120N4+4. The van der Waals surface area contributed by atoms with Gasteiger partial charge in [-0.25, -0.2) is 18.3 Å². The monoisotopic (exact) mass is 1420 g/mol. The molecule has 4 aliphatic rings. The largest absolute Gasteiger partial charge is 0.212 e. The molecule has 4 heterocycles. The highest BCUT2D eigenvalue weighted by molar-refractivity contribution is 5.86. The lowest BCUT2D eigenvalue weighted by Crippen LogP contribution is -2.32. The van der Waals surface area contributed by atoms with Gasteiger partial charge in [0.25, 0.3) is 0 Å². The second-order valence-corrected chi connectivity index (χ2v) is 36.0. The van der Waals surface area contributed by atoms with Gasteiger partial charge in [0.15, 0.2) is 24.8 Å². The van der Waals surface area contributed by atoms with E-state index < -0.39 is 0 Å². The number of benzene rings is 8. The molecule has 0 amide bonds. The van der Waals surface area contributed by atoms with Gasteiger partial charge in [0.1, 0.15) is 28.2 Å². The van der Waals surface area contributed by atoms with Crippen LogP contribution in [0.15, 0.2) is 170 Å². The van der Waals surface area contributed by atoms with Crippen molar-refractivity contribution in [1.82, 2.24) is 0 Å². The summed E-state index contributed by atoms with van der Waals surface area (Å²) < 4.78 is 9.18. The fourth-order valence-electron chi connectivity index (χ4n) is 18.4. The first-order valence-corrected chi connectivity index (χ1v) is 39.9. The first-order chi connectivity index (χ1) is 51.0. The van der Waals surface area contributed by atoms with Crippen molar-refractivity contribution in [2.45, 2.75) is 203 Å². The highest BCUT2D eigenvalue weighted by Crippen LogP contribution is 2.47. The molecule has 0 fully saturated rings. The molecule has 0 unspecified atom stereocenters. The molecule has 0 saturated carbocycles. The van der Waals surface area contributed by atoms with Crippen molar-refractivity contribution in [2.75, 3.05) is 0 Å². The third-order valence-electron chi connectivity index (χ3n) is 24.1. The number of nitrogens with zero attached hydrogens (tertiary/aromatic N) is 4. The van der Waals surface area contributed by atoms with Crippen molar-refractivity contribution in [3.8, 4) is 89.5 Å². The minimum atomic E-state index is 0.286. The van der Waals surface area contributed by atoms with Gasteiger partial charge in [0.2, 0.25) is 22.8 Å². The van der Waals surface area contributed by atoms with Gasteiger partial charge in [0, 0.05) is 68.8 Å². The van der Waals surface area contributed by atoms with Gasteiger partial charge in [-0.15, -0.1) is 0 Å². The van der Waals surface area contributed by atoms with Crippen LogP contribution in [0.25, 0.3) is 89.5 Å². The van der Waals surface area contributed by atoms with Crippen molar-refractivity contribution in [2.24, 2.45) is 39.0 Å². The van der Waals surface area contributed by atoms with Gasteiger partial charge in [-0.05, 0) is 302 Å². The molecule has 108 heavy (non-hydrogen) atoms. The average Bonchev–Trinajstić information content (AvgIpc) is 1.58. The summed E-state index contributed by atoms with van der Waals surface area (Å²) in [5.74, 6) is 1.09. The van der Waals surface area contributed by atoms with Crippen LogP contribution in [0, 0.1) is 93.9 Å². The molecular weight excluding hydrogens is 1310 g/mol. The van der Waals surface area contributed by atoms with Gasteiger partial charge in [0.05, 0.1) is 0 Å². The molecule has 0 spiro atoms. The summed E-state index contributed by atoms with van der Waals surface area (Å²) in [5.41, 5.74) is 56.8. The first kappa shape index (κ1) is 76.6. The van der Waals surface area contributed by atoms with Crippen LogP contribution in [-0.2, 0) is 66.7 Å². The summed E-state index contributed by atoms with van der Waals surface area (Å²) in [5, 5.41) is 0. The molecule has 4 aliphatic carbocycles. The summed E-state index contributed by atoms with van der Waals surface area (Å²) in [6.07, 6.45) is 15.6. The Labute approximate surface area is 649 Å². The van der Waals surface area contributed by atoms with E-state index in [9.17, 15) is 0 Å². The topological polar surface area (TPSA) is 15.5 Å². The molecule has 0 bridgehead atoms. The lowest BCUT2D eigenvalue weighted by atomic mass is 9.86. The van der Waals surface area contributed by atoms with Gasteiger partial charge in [-0.1, -0.05) is 189 Å². The predicted molar refractivity (Wildman–Crippen MR) is 457 cm³/mol. The van der Waals surface area contributed by atoms with Crippen LogP contribution in [0.1, 0.15) is 215 Å². The molecule has 0 atom stereocenters. The van der Waals surface area contributed by atoms with Crippen LogP contribution in [0.2, 0.25) is 0 Å². The molecule has 4 heteroatoms. The minimum absolute atomic E-state index is 0.286. The summed E-state index contributed by atoms with van der Waals surface area (Å²) in [6, 6.07) is 55.6. The lowest BCUT2D eigenvalue weighted by Gasteiger charge is -2.20. The maximum Gasteiger partial charge on any atom is 0.212 e. The highest BCUT2D eigenvalue weighted by atomic mass is 14.9. The van der Waals surface area contributed by atoms with Gasteiger partial charge >= 0.3 is 0 Å². The number of hydrogen-bond acceptors (Lipinski definition) is 0. The van der Waals surface area contributed by atoms with E-state index in [2.05, 4.69) is 369 Å².